The van der Waals surface area contributed by atoms with E-state index in [9.17, 15) is 4.39 Å². The molecule has 0 aliphatic rings. The summed E-state index contributed by atoms with van der Waals surface area (Å²) in [5.41, 5.74) is 2.89. The van der Waals surface area contributed by atoms with Gasteiger partial charge in [0.1, 0.15) is 5.82 Å². The second-order valence-corrected chi connectivity index (χ2v) is 4.94. The normalized spacial score (nSPS) is 11.0. The van der Waals surface area contributed by atoms with Crippen LogP contribution in [0.3, 0.4) is 0 Å². The first-order valence-corrected chi connectivity index (χ1v) is 6.52. The maximum absolute atomic E-state index is 13.1. The Morgan fingerprint density at radius 1 is 1.44 bits per heavy atom. The van der Waals surface area contributed by atoms with Gasteiger partial charge >= 0.3 is 0 Å². The van der Waals surface area contributed by atoms with Gasteiger partial charge in [-0.25, -0.2) is 9.37 Å². The van der Waals surface area contributed by atoms with Crippen LogP contribution in [0.15, 0.2) is 35.8 Å². The van der Waals surface area contributed by atoms with Crippen molar-refractivity contribution < 1.29 is 4.39 Å². The van der Waals surface area contributed by atoms with Gasteiger partial charge in [0.25, 0.3) is 0 Å². The molecule has 0 bridgehead atoms. The van der Waals surface area contributed by atoms with Crippen molar-refractivity contribution in [2.75, 3.05) is 5.32 Å². The number of aryl methyl sites for hydroxylation is 1. The quantitative estimate of drug-likeness (QED) is 0.782. The minimum absolute atomic E-state index is 0.231. The number of thiazole rings is 1. The van der Waals surface area contributed by atoms with E-state index in [4.69, 9.17) is 0 Å². The molecule has 0 amide bonds. The molecule has 18 heavy (non-hydrogen) atoms. The summed E-state index contributed by atoms with van der Waals surface area (Å²) in [5, 5.41) is 5.22. The van der Waals surface area contributed by atoms with Gasteiger partial charge < -0.3 is 5.32 Å². The number of benzene rings is 1. The predicted molar refractivity (Wildman–Crippen MR) is 71.5 cm³/mol. The summed E-state index contributed by atoms with van der Waals surface area (Å²) in [6.45, 7) is 2.62. The zero-order valence-electron chi connectivity index (χ0n) is 9.85. The van der Waals surface area contributed by atoms with Crippen LogP contribution in [0.1, 0.15) is 11.4 Å². The van der Waals surface area contributed by atoms with Gasteiger partial charge in [-0.15, -0.1) is 11.3 Å². The number of anilines is 1. The summed E-state index contributed by atoms with van der Waals surface area (Å²) in [5.74, 6) is -0.231. The third-order valence-corrected chi connectivity index (χ3v) is 3.60. The lowest BCUT2D eigenvalue weighted by Crippen LogP contribution is -2.03. The molecule has 5 heteroatoms. The summed E-state index contributed by atoms with van der Waals surface area (Å²) >= 11 is 1.61. The fraction of sp³-hybridized carbons (Fsp3) is 0.154. The molecule has 0 unspecified atom stereocenters. The lowest BCUT2D eigenvalue weighted by Gasteiger charge is -2.06. The van der Waals surface area contributed by atoms with Gasteiger partial charge in [-0.3, -0.25) is 4.40 Å². The number of nitrogens with zero attached hydrogens (tertiary/aromatic N) is 2. The predicted octanol–water partition coefficient (Wildman–Crippen LogP) is 3.46. The molecule has 0 atom stereocenters. The van der Waals surface area contributed by atoms with Crippen LogP contribution in [0.2, 0.25) is 0 Å². The largest absolute Gasteiger partial charge is 0.379 e. The SMILES string of the molecule is Cc1nc2sccn2c1CNc1cccc(F)c1. The number of imidazole rings is 1. The number of rotatable bonds is 3. The van der Waals surface area contributed by atoms with Crippen LogP contribution in [0.5, 0.6) is 0 Å². The molecular formula is C13H12FN3S. The fourth-order valence-corrected chi connectivity index (χ4v) is 2.72. The smallest absolute Gasteiger partial charge is 0.194 e. The minimum atomic E-state index is -0.231. The number of nitrogens with one attached hydrogen (secondary N) is 1. The molecule has 0 spiro atoms. The molecule has 92 valence electrons. The number of fused-ring (bicyclic) bond motifs is 1. The Bertz CT molecular complexity index is 686. The summed E-state index contributed by atoms with van der Waals surface area (Å²) in [6, 6.07) is 6.47. The van der Waals surface area contributed by atoms with Crippen molar-refractivity contribution in [3.63, 3.8) is 0 Å². The highest BCUT2D eigenvalue weighted by Crippen LogP contribution is 2.18. The van der Waals surface area contributed by atoms with E-state index < -0.39 is 0 Å². The summed E-state index contributed by atoms with van der Waals surface area (Å²) in [4.78, 5) is 5.46. The number of hydrogen-bond acceptors (Lipinski definition) is 3. The van der Waals surface area contributed by atoms with Crippen molar-refractivity contribution in [1.82, 2.24) is 9.38 Å². The van der Waals surface area contributed by atoms with E-state index in [-0.39, 0.29) is 5.82 Å². The highest BCUT2D eigenvalue weighted by atomic mass is 32.1. The third-order valence-electron chi connectivity index (χ3n) is 2.85. The first kappa shape index (κ1) is 11.2. The molecule has 0 aliphatic heterocycles. The van der Waals surface area contributed by atoms with Crippen molar-refractivity contribution >= 4 is 22.0 Å². The first-order valence-electron chi connectivity index (χ1n) is 5.64. The van der Waals surface area contributed by atoms with Gasteiger partial charge in [0.05, 0.1) is 17.9 Å². The van der Waals surface area contributed by atoms with Crippen molar-refractivity contribution in [2.24, 2.45) is 0 Å². The van der Waals surface area contributed by atoms with Crippen molar-refractivity contribution in [1.29, 1.82) is 0 Å². The Hall–Kier alpha value is -1.88. The second kappa shape index (κ2) is 4.42. The van der Waals surface area contributed by atoms with Gasteiger partial charge in [0.15, 0.2) is 4.96 Å². The molecule has 0 aliphatic carbocycles. The maximum atomic E-state index is 13.1. The number of aromatic nitrogens is 2. The van der Waals surface area contributed by atoms with Gasteiger partial charge in [-0.2, -0.15) is 0 Å². The molecule has 3 aromatic rings. The molecular weight excluding hydrogens is 249 g/mol. The third kappa shape index (κ3) is 1.97. The lowest BCUT2D eigenvalue weighted by molar-refractivity contribution is 0.628. The van der Waals surface area contributed by atoms with Gasteiger partial charge in [-0.1, -0.05) is 6.07 Å². The Labute approximate surface area is 108 Å². The number of halogens is 1. The fourth-order valence-electron chi connectivity index (χ4n) is 1.94. The monoisotopic (exact) mass is 261 g/mol. The molecule has 2 aromatic heterocycles. The molecule has 3 nitrogen and oxygen atoms in total. The Balaban J connectivity index is 1.84. The van der Waals surface area contributed by atoms with E-state index in [1.807, 2.05) is 24.6 Å². The second-order valence-electron chi connectivity index (χ2n) is 4.06. The zero-order valence-corrected chi connectivity index (χ0v) is 10.7. The van der Waals surface area contributed by atoms with Crippen LogP contribution in [0, 0.1) is 12.7 Å². The molecule has 0 radical (unpaired) electrons. The van der Waals surface area contributed by atoms with E-state index in [1.165, 1.54) is 12.1 Å². The Morgan fingerprint density at radius 3 is 3.17 bits per heavy atom. The van der Waals surface area contributed by atoms with Crippen molar-refractivity contribution in [3.8, 4) is 0 Å². The molecule has 3 rings (SSSR count). The van der Waals surface area contributed by atoms with Gasteiger partial charge in [-0.05, 0) is 25.1 Å². The van der Waals surface area contributed by atoms with E-state index in [2.05, 4.69) is 14.7 Å². The molecule has 0 saturated heterocycles. The van der Waals surface area contributed by atoms with E-state index in [0.717, 1.165) is 22.0 Å². The van der Waals surface area contributed by atoms with Gasteiger partial charge in [0.2, 0.25) is 0 Å². The average molecular weight is 261 g/mol. The molecule has 0 fully saturated rings. The standard InChI is InChI=1S/C13H12FN3S/c1-9-12(17-5-6-18-13(17)16-9)8-15-11-4-2-3-10(14)7-11/h2-7,15H,8H2,1H3. The highest BCUT2D eigenvalue weighted by molar-refractivity contribution is 7.15. The van der Waals surface area contributed by atoms with Crippen LogP contribution in [-0.2, 0) is 6.54 Å². The van der Waals surface area contributed by atoms with Crippen LogP contribution in [0.25, 0.3) is 4.96 Å². The topological polar surface area (TPSA) is 29.3 Å². The molecule has 0 saturated carbocycles. The van der Waals surface area contributed by atoms with E-state index >= 15 is 0 Å². The summed E-state index contributed by atoms with van der Waals surface area (Å²) in [6.07, 6.45) is 2.00. The average Bonchev–Trinajstić information content (AvgIpc) is 2.87. The Morgan fingerprint density at radius 2 is 2.33 bits per heavy atom. The molecule has 2 heterocycles. The van der Waals surface area contributed by atoms with Gasteiger partial charge in [0, 0.05) is 17.3 Å². The summed E-state index contributed by atoms with van der Waals surface area (Å²) in [7, 11) is 0. The maximum Gasteiger partial charge on any atom is 0.194 e. The van der Waals surface area contributed by atoms with E-state index in [1.54, 1.807) is 17.4 Å². The minimum Gasteiger partial charge on any atom is -0.379 e. The summed E-state index contributed by atoms with van der Waals surface area (Å²) < 4.78 is 15.1. The first-order chi connectivity index (χ1) is 8.74. The zero-order chi connectivity index (χ0) is 12.5. The molecule has 1 aromatic carbocycles. The Kier molecular flexibility index (Phi) is 2.76. The van der Waals surface area contributed by atoms with Crippen molar-refractivity contribution in [3.05, 3.63) is 53.0 Å². The number of hydrogen-bond donors (Lipinski definition) is 1. The van der Waals surface area contributed by atoms with Crippen molar-refractivity contribution in [2.45, 2.75) is 13.5 Å². The van der Waals surface area contributed by atoms with Crippen LogP contribution < -0.4 is 5.32 Å². The lowest BCUT2D eigenvalue weighted by atomic mass is 10.3. The molecule has 1 N–H and O–H groups in total. The highest BCUT2D eigenvalue weighted by Gasteiger charge is 2.08. The van der Waals surface area contributed by atoms with Crippen LogP contribution in [0.4, 0.5) is 10.1 Å². The van der Waals surface area contributed by atoms with Crippen LogP contribution in [-0.4, -0.2) is 9.38 Å². The van der Waals surface area contributed by atoms with Crippen LogP contribution >= 0.6 is 11.3 Å². The van der Waals surface area contributed by atoms with E-state index in [0.29, 0.717) is 6.54 Å².